The molecule has 2 aromatic heterocycles. The van der Waals surface area contributed by atoms with Crippen LogP contribution in [0.1, 0.15) is 0 Å². The SMILES string of the molecule is Oc1cc(O)c(I)cc1I.c1cc(N=Nc2ccncc2)ccn1. The average Bonchev–Trinajstić information content (AvgIpc) is 2.61. The number of pyridine rings is 2. The molecule has 0 saturated heterocycles. The molecule has 0 spiro atoms. The third kappa shape index (κ3) is 6.00. The van der Waals surface area contributed by atoms with Crippen molar-refractivity contribution in [2.75, 3.05) is 0 Å². The van der Waals surface area contributed by atoms with Gasteiger partial charge in [-0.1, -0.05) is 0 Å². The summed E-state index contributed by atoms with van der Waals surface area (Å²) in [5, 5.41) is 26.2. The summed E-state index contributed by atoms with van der Waals surface area (Å²) in [6, 6.07) is 10.2. The molecule has 24 heavy (non-hydrogen) atoms. The quantitative estimate of drug-likeness (QED) is 0.342. The van der Waals surface area contributed by atoms with Crippen LogP contribution in [0.15, 0.2) is 71.4 Å². The van der Waals surface area contributed by atoms with E-state index in [0.717, 1.165) is 18.5 Å². The summed E-state index contributed by atoms with van der Waals surface area (Å²) < 4.78 is 1.50. The molecular formula is C16H12I2N4O2. The van der Waals surface area contributed by atoms with E-state index in [4.69, 9.17) is 10.2 Å². The molecule has 0 aliphatic rings. The number of azo groups is 1. The lowest BCUT2D eigenvalue weighted by molar-refractivity contribution is 0.445. The van der Waals surface area contributed by atoms with Gasteiger partial charge in [-0.25, -0.2) is 0 Å². The van der Waals surface area contributed by atoms with Gasteiger partial charge < -0.3 is 10.2 Å². The summed E-state index contributed by atoms with van der Waals surface area (Å²) in [5.41, 5.74) is 1.58. The fraction of sp³-hybridized carbons (Fsp3) is 0. The molecule has 0 amide bonds. The number of aromatic nitrogens is 2. The van der Waals surface area contributed by atoms with Crippen LogP contribution < -0.4 is 0 Å². The third-order valence-corrected chi connectivity index (χ3v) is 4.35. The lowest BCUT2D eigenvalue weighted by atomic mass is 10.3. The minimum Gasteiger partial charge on any atom is -0.507 e. The summed E-state index contributed by atoms with van der Waals surface area (Å²) >= 11 is 4.00. The van der Waals surface area contributed by atoms with Crippen molar-refractivity contribution in [1.29, 1.82) is 0 Å². The number of phenolic OH excluding ortho intramolecular Hbond substituents is 2. The highest BCUT2D eigenvalue weighted by molar-refractivity contribution is 14.1. The molecule has 122 valence electrons. The van der Waals surface area contributed by atoms with Crippen LogP contribution in [0.2, 0.25) is 0 Å². The summed E-state index contributed by atoms with van der Waals surface area (Å²) in [4.78, 5) is 7.78. The lowest BCUT2D eigenvalue weighted by Crippen LogP contribution is -1.77. The van der Waals surface area contributed by atoms with Gasteiger partial charge >= 0.3 is 0 Å². The van der Waals surface area contributed by atoms with Crippen LogP contribution in [-0.4, -0.2) is 20.2 Å². The van der Waals surface area contributed by atoms with Crippen LogP contribution in [-0.2, 0) is 0 Å². The van der Waals surface area contributed by atoms with E-state index in [2.05, 4.69) is 20.2 Å². The maximum absolute atomic E-state index is 9.05. The Morgan fingerprint density at radius 1 is 0.667 bits per heavy atom. The molecule has 0 saturated carbocycles. The third-order valence-electron chi connectivity index (χ3n) is 2.62. The Hall–Kier alpha value is -1.82. The van der Waals surface area contributed by atoms with Gasteiger partial charge in [0.15, 0.2) is 0 Å². The Kier molecular flexibility index (Phi) is 7.31. The maximum atomic E-state index is 9.05. The van der Waals surface area contributed by atoms with Gasteiger partial charge in [-0.2, -0.15) is 10.2 Å². The van der Waals surface area contributed by atoms with Crippen molar-refractivity contribution in [1.82, 2.24) is 9.97 Å². The van der Waals surface area contributed by atoms with E-state index in [1.165, 1.54) is 6.07 Å². The average molecular weight is 546 g/mol. The number of phenols is 2. The molecule has 3 aromatic rings. The second kappa shape index (κ2) is 9.47. The van der Waals surface area contributed by atoms with Gasteiger partial charge in [0, 0.05) is 30.9 Å². The molecule has 3 rings (SSSR count). The molecule has 2 heterocycles. The molecule has 8 heteroatoms. The number of halogens is 2. The van der Waals surface area contributed by atoms with E-state index in [1.807, 2.05) is 45.2 Å². The normalized spacial score (nSPS) is 10.2. The minimum atomic E-state index is 0.124. The van der Waals surface area contributed by atoms with Crippen LogP contribution in [0.5, 0.6) is 11.5 Å². The van der Waals surface area contributed by atoms with E-state index in [0.29, 0.717) is 0 Å². The number of rotatable bonds is 2. The predicted molar refractivity (Wildman–Crippen MR) is 108 cm³/mol. The van der Waals surface area contributed by atoms with Gasteiger partial charge in [-0.05, 0) is 75.5 Å². The number of benzene rings is 1. The van der Waals surface area contributed by atoms with Crippen molar-refractivity contribution in [2.45, 2.75) is 0 Å². The summed E-state index contributed by atoms with van der Waals surface area (Å²) in [7, 11) is 0. The van der Waals surface area contributed by atoms with Crippen molar-refractivity contribution < 1.29 is 10.2 Å². The van der Waals surface area contributed by atoms with Gasteiger partial charge in [0.1, 0.15) is 11.5 Å². The fourth-order valence-electron chi connectivity index (χ4n) is 1.46. The van der Waals surface area contributed by atoms with Crippen molar-refractivity contribution >= 4 is 56.6 Å². The maximum Gasteiger partial charge on any atom is 0.132 e. The second-order valence-corrected chi connectivity index (χ2v) is 6.69. The number of hydrogen-bond donors (Lipinski definition) is 2. The number of nitrogens with zero attached hydrogens (tertiary/aromatic N) is 4. The number of aromatic hydroxyl groups is 2. The first-order chi connectivity index (χ1) is 11.6. The number of hydrogen-bond acceptors (Lipinski definition) is 6. The monoisotopic (exact) mass is 546 g/mol. The molecule has 0 fully saturated rings. The molecule has 6 nitrogen and oxygen atoms in total. The summed E-state index contributed by atoms with van der Waals surface area (Å²) in [6.07, 6.45) is 6.73. The zero-order chi connectivity index (χ0) is 17.4. The van der Waals surface area contributed by atoms with Gasteiger partial charge in [0.05, 0.1) is 18.5 Å². The first-order valence-electron chi connectivity index (χ1n) is 6.65. The van der Waals surface area contributed by atoms with Crippen molar-refractivity contribution in [2.24, 2.45) is 10.2 Å². The van der Waals surface area contributed by atoms with Crippen molar-refractivity contribution in [3.05, 3.63) is 68.3 Å². The smallest absolute Gasteiger partial charge is 0.132 e. The van der Waals surface area contributed by atoms with E-state index in [-0.39, 0.29) is 11.5 Å². The van der Waals surface area contributed by atoms with Crippen LogP contribution in [0.3, 0.4) is 0 Å². The Morgan fingerprint density at radius 2 is 1.04 bits per heavy atom. The zero-order valence-electron chi connectivity index (χ0n) is 12.2. The van der Waals surface area contributed by atoms with E-state index in [9.17, 15) is 0 Å². The van der Waals surface area contributed by atoms with Crippen molar-refractivity contribution in [3.8, 4) is 11.5 Å². The summed E-state index contributed by atoms with van der Waals surface area (Å²) in [5.74, 6) is 0.247. The Morgan fingerprint density at radius 3 is 1.38 bits per heavy atom. The van der Waals surface area contributed by atoms with Crippen LogP contribution in [0.25, 0.3) is 0 Å². The molecule has 0 radical (unpaired) electrons. The van der Waals surface area contributed by atoms with E-state index < -0.39 is 0 Å². The van der Waals surface area contributed by atoms with E-state index in [1.54, 1.807) is 55.1 Å². The van der Waals surface area contributed by atoms with Crippen LogP contribution in [0, 0.1) is 7.14 Å². The topological polar surface area (TPSA) is 91.0 Å². The van der Waals surface area contributed by atoms with Gasteiger partial charge in [0.2, 0.25) is 0 Å². The summed E-state index contributed by atoms with van der Waals surface area (Å²) in [6.45, 7) is 0. The van der Waals surface area contributed by atoms with Gasteiger partial charge in [0.25, 0.3) is 0 Å². The largest absolute Gasteiger partial charge is 0.507 e. The molecular weight excluding hydrogens is 534 g/mol. The van der Waals surface area contributed by atoms with E-state index >= 15 is 0 Å². The Balaban J connectivity index is 0.000000185. The first kappa shape index (κ1) is 18.5. The molecule has 0 bridgehead atoms. The first-order valence-corrected chi connectivity index (χ1v) is 8.81. The molecule has 0 atom stereocenters. The standard InChI is InChI=1S/C10H8N4.C6H4I2O2/c1-5-11-6-2-9(1)13-14-10-3-7-12-8-4-10;7-3-1-4(8)6(10)2-5(3)9/h1-8H;1-2,9-10H. The van der Waals surface area contributed by atoms with Crippen LogP contribution >= 0.6 is 45.2 Å². The van der Waals surface area contributed by atoms with Gasteiger partial charge in [-0.3, -0.25) is 9.97 Å². The van der Waals surface area contributed by atoms with Crippen molar-refractivity contribution in [3.63, 3.8) is 0 Å². The Bertz CT molecular complexity index is 723. The minimum absolute atomic E-state index is 0.124. The molecule has 0 aliphatic heterocycles. The molecule has 0 unspecified atom stereocenters. The fourth-order valence-corrected chi connectivity index (χ4v) is 2.99. The molecule has 2 N–H and O–H groups in total. The van der Waals surface area contributed by atoms with Gasteiger partial charge in [-0.15, -0.1) is 0 Å². The highest BCUT2D eigenvalue weighted by atomic mass is 127. The lowest BCUT2D eigenvalue weighted by Gasteiger charge is -1.99. The zero-order valence-corrected chi connectivity index (χ0v) is 16.5. The molecule has 1 aromatic carbocycles. The molecule has 0 aliphatic carbocycles. The predicted octanol–water partition coefficient (Wildman–Crippen LogP) is 5.20. The highest BCUT2D eigenvalue weighted by Crippen LogP contribution is 2.28. The Labute approximate surface area is 166 Å². The van der Waals surface area contributed by atoms with Crippen LogP contribution in [0.4, 0.5) is 11.4 Å². The highest BCUT2D eigenvalue weighted by Gasteiger charge is 2.02. The second-order valence-electron chi connectivity index (χ2n) is 4.37.